The molecule has 0 unspecified atom stereocenters. The molecular weight excluding hydrogens is 167 g/mol. The minimum absolute atomic E-state index is 0. The van der Waals surface area contributed by atoms with Crippen molar-refractivity contribution in [2.75, 3.05) is 0 Å². The van der Waals surface area contributed by atoms with Crippen LogP contribution in [0, 0.1) is 5.41 Å². The third-order valence-electron chi connectivity index (χ3n) is 1.24. The largest absolute Gasteiger partial charge is 1.00 e. The second-order valence-corrected chi connectivity index (χ2v) is 3.26. The zero-order valence-electron chi connectivity index (χ0n) is 8.55. The van der Waals surface area contributed by atoms with Gasteiger partial charge in [-0.3, -0.25) is 0 Å². The zero-order valence-corrected chi connectivity index (χ0v) is 10.7. The first-order chi connectivity index (χ1) is 4.61. The average Bonchev–Trinajstić information content (AvgIpc) is 1.88. The van der Waals surface area contributed by atoms with Gasteiger partial charge in [-0.2, -0.15) is 0 Å². The number of rotatable bonds is 0. The second kappa shape index (κ2) is 4.67. The van der Waals surface area contributed by atoms with Crippen LogP contribution in [0.3, 0.4) is 0 Å². The van der Waals surface area contributed by atoms with Crippen molar-refractivity contribution in [1.29, 1.82) is 0 Å². The topological polar surface area (TPSA) is 18.5 Å². The van der Waals surface area contributed by atoms with Crippen LogP contribution in [0.15, 0.2) is 24.5 Å². The summed E-state index contributed by atoms with van der Waals surface area (Å²) in [6.07, 6.45) is 4.68. The van der Waals surface area contributed by atoms with Gasteiger partial charge in [-0.25, -0.2) is 0 Å². The Labute approximate surface area is 112 Å². The van der Waals surface area contributed by atoms with Crippen molar-refractivity contribution < 1.29 is 62.3 Å². The van der Waals surface area contributed by atoms with Gasteiger partial charge in [0.15, 0.2) is 0 Å². The molecule has 0 saturated carbocycles. The van der Waals surface area contributed by atoms with Gasteiger partial charge in [0, 0.05) is 5.41 Å². The van der Waals surface area contributed by atoms with Gasteiger partial charge in [0.2, 0.25) is 0 Å². The van der Waals surface area contributed by atoms with E-state index in [9.17, 15) is 0 Å². The number of ether oxygens (including phenoxy) is 2. The molecule has 0 aromatic carbocycles. The molecule has 0 radical (unpaired) electrons. The van der Waals surface area contributed by atoms with Crippen LogP contribution in [-0.4, -0.2) is 0 Å². The molecule has 11 heavy (non-hydrogen) atoms. The summed E-state index contributed by atoms with van der Waals surface area (Å²) in [7, 11) is 0. The van der Waals surface area contributed by atoms with Gasteiger partial charge in [-0.05, 0) is 0 Å². The summed E-state index contributed by atoms with van der Waals surface area (Å²) in [6.45, 7) is 6.21. The SMILES string of the molecule is CC(C)(C)C1=COC=CO1.[H-].[K+]. The van der Waals surface area contributed by atoms with E-state index in [0.29, 0.717) is 0 Å². The van der Waals surface area contributed by atoms with Gasteiger partial charge in [-0.1, -0.05) is 20.8 Å². The van der Waals surface area contributed by atoms with Gasteiger partial charge in [-0.15, -0.1) is 0 Å². The summed E-state index contributed by atoms with van der Waals surface area (Å²) < 4.78 is 10.1. The fourth-order valence-electron chi connectivity index (χ4n) is 0.616. The van der Waals surface area contributed by atoms with Gasteiger partial charge in [0.25, 0.3) is 0 Å². The summed E-state index contributed by atoms with van der Waals surface area (Å²) >= 11 is 0. The van der Waals surface area contributed by atoms with Crippen molar-refractivity contribution in [2.45, 2.75) is 20.8 Å². The first-order valence-electron chi connectivity index (χ1n) is 3.28. The van der Waals surface area contributed by atoms with Crippen molar-refractivity contribution >= 4 is 0 Å². The first-order valence-corrected chi connectivity index (χ1v) is 3.28. The molecule has 0 atom stereocenters. The van der Waals surface area contributed by atoms with E-state index in [0.717, 1.165) is 5.76 Å². The quantitative estimate of drug-likeness (QED) is 0.468. The molecule has 0 N–H and O–H groups in total. The van der Waals surface area contributed by atoms with E-state index >= 15 is 0 Å². The number of hydrogen-bond donors (Lipinski definition) is 0. The summed E-state index contributed by atoms with van der Waals surface area (Å²) in [5.41, 5.74) is 0.0325. The Balaban J connectivity index is 0. The zero-order chi connectivity index (χ0) is 7.61. The third kappa shape index (κ3) is 3.76. The molecule has 1 heterocycles. The van der Waals surface area contributed by atoms with E-state index in [1.54, 1.807) is 12.5 Å². The van der Waals surface area contributed by atoms with E-state index in [1.807, 2.05) is 0 Å². The van der Waals surface area contributed by atoms with Gasteiger partial charge >= 0.3 is 51.4 Å². The van der Waals surface area contributed by atoms with Crippen LogP contribution in [-0.2, 0) is 9.47 Å². The van der Waals surface area contributed by atoms with Crippen molar-refractivity contribution in [3.05, 3.63) is 24.5 Å². The maximum absolute atomic E-state index is 5.20. The Morgan fingerprint density at radius 1 is 1.27 bits per heavy atom. The van der Waals surface area contributed by atoms with Crippen molar-refractivity contribution in [3.63, 3.8) is 0 Å². The smallest absolute Gasteiger partial charge is 1.00 e. The molecular formula is C8H13KO2. The predicted octanol–water partition coefficient (Wildman–Crippen LogP) is -0.492. The average molecular weight is 180 g/mol. The summed E-state index contributed by atoms with van der Waals surface area (Å²) in [5, 5.41) is 0. The molecule has 0 fully saturated rings. The molecule has 58 valence electrons. The minimum atomic E-state index is 0. The van der Waals surface area contributed by atoms with Crippen LogP contribution in [0.5, 0.6) is 0 Å². The van der Waals surface area contributed by atoms with Crippen LogP contribution in [0.2, 0.25) is 0 Å². The van der Waals surface area contributed by atoms with E-state index in [4.69, 9.17) is 9.47 Å². The normalized spacial score (nSPS) is 15.7. The summed E-state index contributed by atoms with van der Waals surface area (Å²) in [4.78, 5) is 0. The van der Waals surface area contributed by atoms with Crippen molar-refractivity contribution in [2.24, 2.45) is 5.41 Å². The van der Waals surface area contributed by atoms with Gasteiger partial charge in [0.1, 0.15) is 24.5 Å². The Morgan fingerprint density at radius 3 is 2.18 bits per heavy atom. The molecule has 0 saturated heterocycles. The molecule has 3 heteroatoms. The van der Waals surface area contributed by atoms with Crippen molar-refractivity contribution in [1.82, 2.24) is 0 Å². The Bertz CT molecular complexity index is 182. The van der Waals surface area contributed by atoms with Crippen molar-refractivity contribution in [3.8, 4) is 0 Å². The minimum Gasteiger partial charge on any atom is -1.00 e. The van der Waals surface area contributed by atoms with Crippen LogP contribution in [0.4, 0.5) is 0 Å². The van der Waals surface area contributed by atoms with E-state index in [1.165, 1.54) is 6.26 Å². The molecule has 0 bridgehead atoms. The molecule has 1 rings (SSSR count). The summed E-state index contributed by atoms with van der Waals surface area (Å²) in [6, 6.07) is 0. The standard InChI is InChI=1S/C8H12O2.K.H/c1-8(2,3)7-6-9-4-5-10-7;;/h4-6H,1-3H3;;/q;+1;-1. The third-order valence-corrected chi connectivity index (χ3v) is 1.24. The molecule has 0 spiro atoms. The van der Waals surface area contributed by atoms with E-state index in [2.05, 4.69) is 20.8 Å². The second-order valence-electron chi connectivity index (χ2n) is 3.26. The number of allylic oxidation sites excluding steroid dienone is 1. The molecule has 0 aromatic rings. The van der Waals surface area contributed by atoms with E-state index < -0.39 is 0 Å². The van der Waals surface area contributed by atoms with Crippen LogP contribution < -0.4 is 51.4 Å². The Hall–Kier alpha value is 0.716. The van der Waals surface area contributed by atoms with Crippen LogP contribution in [0.25, 0.3) is 0 Å². The maximum Gasteiger partial charge on any atom is 1.00 e. The molecule has 0 amide bonds. The fraction of sp³-hybridized carbons (Fsp3) is 0.500. The first kappa shape index (κ1) is 11.7. The summed E-state index contributed by atoms with van der Waals surface area (Å²) in [5.74, 6) is 0.856. The Kier molecular flexibility index (Phi) is 4.98. The van der Waals surface area contributed by atoms with Crippen LogP contribution >= 0.6 is 0 Å². The molecule has 2 nitrogen and oxygen atoms in total. The van der Waals surface area contributed by atoms with E-state index in [-0.39, 0.29) is 58.2 Å². The van der Waals surface area contributed by atoms with Crippen LogP contribution in [0.1, 0.15) is 22.2 Å². The Morgan fingerprint density at radius 2 is 1.91 bits per heavy atom. The molecule has 0 aromatic heterocycles. The number of hydrogen-bond acceptors (Lipinski definition) is 2. The van der Waals surface area contributed by atoms with Gasteiger partial charge < -0.3 is 10.9 Å². The molecule has 1 aliphatic rings. The van der Waals surface area contributed by atoms with Gasteiger partial charge in [0.05, 0.1) is 0 Å². The predicted molar refractivity (Wildman–Crippen MR) is 40.0 cm³/mol. The molecule has 0 aliphatic carbocycles. The maximum atomic E-state index is 5.20. The fourth-order valence-corrected chi connectivity index (χ4v) is 0.616. The molecule has 1 aliphatic heterocycles. The monoisotopic (exact) mass is 180 g/mol.